The molecule has 0 radical (unpaired) electrons. The van der Waals surface area contributed by atoms with E-state index in [9.17, 15) is 9.59 Å². The lowest BCUT2D eigenvalue weighted by molar-refractivity contribution is -0.144. The van der Waals surface area contributed by atoms with Crippen LogP contribution in [0.4, 0.5) is 0 Å². The molecule has 0 aliphatic carbocycles. The van der Waals surface area contributed by atoms with E-state index in [1.807, 2.05) is 50.9 Å². The second kappa shape index (κ2) is 7.50. The average molecular weight is 355 g/mol. The minimum atomic E-state index is -0.0767. The molecule has 0 bridgehead atoms. The molecule has 2 aromatic rings. The van der Waals surface area contributed by atoms with Gasteiger partial charge in [0.1, 0.15) is 6.54 Å². The highest BCUT2D eigenvalue weighted by molar-refractivity contribution is 5.84. The number of amides is 2. The van der Waals surface area contributed by atoms with Crippen molar-refractivity contribution in [1.82, 2.24) is 14.4 Å². The van der Waals surface area contributed by atoms with Crippen molar-refractivity contribution in [2.45, 2.75) is 19.4 Å². The number of piperidine rings is 1. The molecule has 2 amide bonds. The van der Waals surface area contributed by atoms with E-state index in [1.165, 1.54) is 0 Å². The van der Waals surface area contributed by atoms with Crippen LogP contribution in [0.2, 0.25) is 0 Å². The van der Waals surface area contributed by atoms with Gasteiger partial charge in [-0.05, 0) is 30.4 Å². The Bertz CT molecular complexity index is 794. The average Bonchev–Trinajstić information content (AvgIpc) is 3.11. The van der Waals surface area contributed by atoms with Crippen LogP contribution in [0.1, 0.15) is 12.8 Å². The first kappa shape index (κ1) is 17.1. The molecule has 1 aromatic heterocycles. The number of morpholine rings is 1. The van der Waals surface area contributed by atoms with Gasteiger partial charge in [0, 0.05) is 37.9 Å². The maximum Gasteiger partial charge on any atom is 0.242 e. The van der Waals surface area contributed by atoms with E-state index in [-0.39, 0.29) is 17.7 Å². The Hall–Kier alpha value is -2.34. The third-order valence-electron chi connectivity index (χ3n) is 5.43. The number of hydrogen-bond acceptors (Lipinski definition) is 3. The minimum absolute atomic E-state index is 0.0767. The molecule has 3 heterocycles. The van der Waals surface area contributed by atoms with E-state index in [4.69, 9.17) is 4.74 Å². The van der Waals surface area contributed by atoms with Crippen molar-refractivity contribution in [1.29, 1.82) is 0 Å². The fraction of sp³-hybridized carbons (Fsp3) is 0.500. The fourth-order valence-electron chi connectivity index (χ4n) is 3.97. The highest BCUT2D eigenvalue weighted by atomic mass is 16.5. The normalized spacial score (nSPS) is 21.2. The molecule has 0 N–H and O–H groups in total. The van der Waals surface area contributed by atoms with Crippen LogP contribution in [0.15, 0.2) is 36.5 Å². The van der Waals surface area contributed by atoms with Gasteiger partial charge in [-0.25, -0.2) is 0 Å². The van der Waals surface area contributed by atoms with Gasteiger partial charge in [-0.3, -0.25) is 9.59 Å². The standard InChI is InChI=1S/C20H25N3O3/c24-19(15-22-9-7-16-4-1-2-6-18(16)22)23-8-3-5-17(14-23)20(25)21-10-12-26-13-11-21/h1-2,4,6-7,9,17H,3,5,8,10-15H2. The van der Waals surface area contributed by atoms with Gasteiger partial charge in [0.15, 0.2) is 0 Å². The zero-order chi connectivity index (χ0) is 17.9. The molecule has 1 unspecified atom stereocenters. The van der Waals surface area contributed by atoms with E-state index in [1.54, 1.807) is 0 Å². The Morgan fingerprint density at radius 1 is 1.04 bits per heavy atom. The van der Waals surface area contributed by atoms with Gasteiger partial charge in [-0.2, -0.15) is 0 Å². The molecule has 138 valence electrons. The lowest BCUT2D eigenvalue weighted by atomic mass is 9.96. The van der Waals surface area contributed by atoms with E-state index in [2.05, 4.69) is 0 Å². The molecule has 2 fully saturated rings. The lowest BCUT2D eigenvalue weighted by Crippen LogP contribution is -2.50. The maximum absolute atomic E-state index is 12.8. The summed E-state index contributed by atoms with van der Waals surface area (Å²) in [6, 6.07) is 10.1. The zero-order valence-corrected chi connectivity index (χ0v) is 15.0. The summed E-state index contributed by atoms with van der Waals surface area (Å²) in [5.74, 6) is 0.190. The van der Waals surface area contributed by atoms with Crippen LogP contribution in [-0.4, -0.2) is 65.6 Å². The van der Waals surface area contributed by atoms with Crippen molar-refractivity contribution in [2.75, 3.05) is 39.4 Å². The third kappa shape index (κ3) is 3.46. The Balaban J connectivity index is 1.40. The first-order valence-electron chi connectivity index (χ1n) is 9.40. The van der Waals surface area contributed by atoms with Gasteiger partial charge >= 0.3 is 0 Å². The number of benzene rings is 1. The first-order valence-corrected chi connectivity index (χ1v) is 9.40. The van der Waals surface area contributed by atoms with Crippen LogP contribution in [0.25, 0.3) is 10.9 Å². The van der Waals surface area contributed by atoms with Gasteiger partial charge in [0.25, 0.3) is 0 Å². The van der Waals surface area contributed by atoms with Crippen molar-refractivity contribution in [3.8, 4) is 0 Å². The molecule has 0 saturated carbocycles. The molecule has 6 heteroatoms. The number of ether oxygens (including phenoxy) is 1. The monoisotopic (exact) mass is 355 g/mol. The fourth-order valence-corrected chi connectivity index (χ4v) is 3.97. The summed E-state index contributed by atoms with van der Waals surface area (Å²) in [7, 11) is 0. The molecule has 1 atom stereocenters. The van der Waals surface area contributed by atoms with E-state index >= 15 is 0 Å². The Morgan fingerprint density at radius 2 is 1.85 bits per heavy atom. The molecule has 26 heavy (non-hydrogen) atoms. The lowest BCUT2D eigenvalue weighted by Gasteiger charge is -2.36. The molecule has 2 aliphatic heterocycles. The molecule has 6 nitrogen and oxygen atoms in total. The predicted octanol–water partition coefficient (Wildman–Crippen LogP) is 1.74. The second-order valence-corrected chi connectivity index (χ2v) is 7.12. The van der Waals surface area contributed by atoms with Crippen LogP contribution in [-0.2, 0) is 20.9 Å². The van der Waals surface area contributed by atoms with Crippen LogP contribution < -0.4 is 0 Å². The highest BCUT2D eigenvalue weighted by Crippen LogP contribution is 2.21. The Kier molecular flexibility index (Phi) is 4.93. The smallest absolute Gasteiger partial charge is 0.242 e. The number of fused-ring (bicyclic) bond motifs is 1. The summed E-state index contributed by atoms with van der Waals surface area (Å²) in [4.78, 5) is 29.3. The van der Waals surface area contributed by atoms with Crippen LogP contribution in [0, 0.1) is 5.92 Å². The quantitative estimate of drug-likeness (QED) is 0.843. The number of para-hydroxylation sites is 1. The molecule has 2 saturated heterocycles. The van der Waals surface area contributed by atoms with Gasteiger partial charge in [0.2, 0.25) is 11.8 Å². The molecule has 4 rings (SSSR count). The van der Waals surface area contributed by atoms with Crippen LogP contribution in [0.5, 0.6) is 0 Å². The van der Waals surface area contributed by atoms with Gasteiger partial charge < -0.3 is 19.1 Å². The number of likely N-dealkylation sites (tertiary alicyclic amines) is 1. The van der Waals surface area contributed by atoms with Crippen molar-refractivity contribution < 1.29 is 14.3 Å². The summed E-state index contributed by atoms with van der Waals surface area (Å²) >= 11 is 0. The number of carbonyl (C=O) groups is 2. The second-order valence-electron chi connectivity index (χ2n) is 7.12. The number of rotatable bonds is 3. The molecule has 0 spiro atoms. The summed E-state index contributed by atoms with van der Waals surface area (Å²) in [5.41, 5.74) is 1.07. The van der Waals surface area contributed by atoms with Gasteiger partial charge in [0.05, 0.1) is 19.1 Å². The SMILES string of the molecule is O=C(Cn1ccc2ccccc21)N1CCCC(C(=O)N2CCOCC2)C1. The minimum Gasteiger partial charge on any atom is -0.378 e. The summed E-state index contributed by atoms with van der Waals surface area (Å²) in [6.07, 6.45) is 3.72. The van der Waals surface area contributed by atoms with E-state index in [0.717, 1.165) is 30.3 Å². The highest BCUT2D eigenvalue weighted by Gasteiger charge is 2.31. The largest absolute Gasteiger partial charge is 0.378 e. The molecular weight excluding hydrogens is 330 g/mol. The number of hydrogen-bond donors (Lipinski definition) is 0. The van der Waals surface area contributed by atoms with Crippen molar-refractivity contribution in [2.24, 2.45) is 5.92 Å². The Labute approximate surface area is 153 Å². The van der Waals surface area contributed by atoms with E-state index in [0.29, 0.717) is 39.4 Å². The Morgan fingerprint density at radius 3 is 2.69 bits per heavy atom. The zero-order valence-electron chi connectivity index (χ0n) is 15.0. The topological polar surface area (TPSA) is 54.8 Å². The molecular formula is C20H25N3O3. The molecule has 1 aromatic carbocycles. The number of aromatic nitrogens is 1. The van der Waals surface area contributed by atoms with Crippen molar-refractivity contribution in [3.63, 3.8) is 0 Å². The van der Waals surface area contributed by atoms with Gasteiger partial charge in [-0.15, -0.1) is 0 Å². The van der Waals surface area contributed by atoms with Crippen LogP contribution in [0.3, 0.4) is 0 Å². The number of carbonyl (C=O) groups excluding carboxylic acids is 2. The molecule has 2 aliphatic rings. The first-order chi connectivity index (χ1) is 12.7. The van der Waals surface area contributed by atoms with Gasteiger partial charge in [-0.1, -0.05) is 18.2 Å². The van der Waals surface area contributed by atoms with Crippen LogP contribution >= 0.6 is 0 Å². The number of nitrogens with zero attached hydrogens (tertiary/aromatic N) is 3. The third-order valence-corrected chi connectivity index (χ3v) is 5.43. The van der Waals surface area contributed by atoms with E-state index < -0.39 is 0 Å². The summed E-state index contributed by atoms with van der Waals surface area (Å²) < 4.78 is 7.32. The summed E-state index contributed by atoms with van der Waals surface area (Å²) in [6.45, 7) is 4.16. The van der Waals surface area contributed by atoms with Crippen molar-refractivity contribution >= 4 is 22.7 Å². The predicted molar refractivity (Wildman–Crippen MR) is 98.6 cm³/mol. The maximum atomic E-state index is 12.8. The van der Waals surface area contributed by atoms with Crippen molar-refractivity contribution in [3.05, 3.63) is 36.5 Å². The summed E-state index contributed by atoms with van der Waals surface area (Å²) in [5, 5.41) is 1.14.